The number of carbonyl (C=O) groups is 7. The van der Waals surface area contributed by atoms with E-state index < -0.39 is 101 Å². The Morgan fingerprint density at radius 3 is 1.64 bits per heavy atom. The van der Waals surface area contributed by atoms with Gasteiger partial charge in [-0.05, 0) is 92.9 Å². The molecule has 0 unspecified atom stereocenters. The van der Waals surface area contributed by atoms with E-state index in [9.17, 15) is 56.7 Å². The van der Waals surface area contributed by atoms with Crippen molar-refractivity contribution in [2.45, 2.75) is 121 Å². The lowest BCUT2D eigenvalue weighted by atomic mass is 9.99. The molecule has 0 aliphatic rings. The zero-order valence-electron chi connectivity index (χ0n) is 37.4. The molecular formula is C42H62N10O12S2. The molecule has 0 radical (unpaired) electrons. The van der Waals surface area contributed by atoms with Gasteiger partial charge in [-0.25, -0.2) is 4.79 Å². The Hall–Kier alpha value is -6.40. The van der Waals surface area contributed by atoms with Crippen LogP contribution in [-0.2, 0) is 50.1 Å². The summed E-state index contributed by atoms with van der Waals surface area (Å²) >= 11 is 5.28. The number of nitrogens with two attached hydrogens (primary N) is 2. The average Bonchev–Trinajstić information content (AvgIpc) is 3.21. The van der Waals surface area contributed by atoms with Crippen LogP contribution < -0.4 is 48.7 Å². The summed E-state index contributed by atoms with van der Waals surface area (Å²) in [6.45, 7) is 8.67. The van der Waals surface area contributed by atoms with Gasteiger partial charge in [0.2, 0.25) is 29.5 Å². The molecule has 364 valence electrons. The first-order chi connectivity index (χ1) is 30.9. The number of nitrogens with one attached hydrogen (secondary N) is 7. The van der Waals surface area contributed by atoms with E-state index in [1.165, 1.54) is 19.1 Å². The second-order valence-corrected chi connectivity index (χ2v) is 18.1. The van der Waals surface area contributed by atoms with Gasteiger partial charge in [0.1, 0.15) is 36.3 Å². The highest BCUT2D eigenvalue weighted by Gasteiger charge is 2.34. The van der Waals surface area contributed by atoms with Gasteiger partial charge in [0, 0.05) is 25.1 Å². The zero-order valence-corrected chi connectivity index (χ0v) is 39.0. The Kier molecular flexibility index (Phi) is 22.9. The van der Waals surface area contributed by atoms with Crippen LogP contribution >= 0.6 is 12.2 Å². The molecule has 0 saturated heterocycles. The minimum atomic E-state index is -4.42. The number of nitrogens with zero attached hydrogens (tertiary/aromatic N) is 1. The standard InChI is InChI=1S/C42H62N10O12S2/c1-23(2)20-31(50-35(55)25(5)46-42(65)47-27-13-15-28(16-14-27)66(62,63)64)37(57)48-29(17-18-34(53)54)36(56)51-32(21-24(3)4)38(58)52-33(22-26-10-7-6-8-11-26)39(59)49-30(40(60)61)12-9-19-45-41(43)44/h6-8,10-11,13-16,23-25,29-33H,9,12,17-22H2,1-5H3,(H,48,57)(H,49,59)(H,50,55)(H,51,56)(H,52,58)(H,53,54)(H,60,61)(H4,43,44,45)(H2,46,47,65)(H,62,63,64)/t25-,29-,30-,31-,32-,33-/m0/s1/i13+1,14+1,15+1,16+1,27+1,28+1. The molecule has 0 saturated carbocycles. The van der Waals surface area contributed by atoms with Gasteiger partial charge in [-0.2, -0.15) is 8.42 Å². The van der Waals surface area contributed by atoms with E-state index in [0.717, 1.165) is 12.1 Å². The number of carbonyl (C=O) groups excluding carboxylic acids is 5. The third kappa shape index (κ3) is 21.1. The van der Waals surface area contributed by atoms with Crippen molar-refractivity contribution in [3.8, 4) is 0 Å². The molecule has 2 rings (SSSR count). The number of benzene rings is 2. The van der Waals surface area contributed by atoms with E-state index >= 15 is 0 Å². The zero-order chi connectivity index (χ0) is 49.7. The van der Waals surface area contributed by atoms with Gasteiger partial charge in [0.15, 0.2) is 11.1 Å². The van der Waals surface area contributed by atoms with Crippen LogP contribution in [0.3, 0.4) is 0 Å². The maximum Gasteiger partial charge on any atom is 0.326 e. The van der Waals surface area contributed by atoms with Gasteiger partial charge < -0.3 is 58.9 Å². The lowest BCUT2D eigenvalue weighted by molar-refractivity contribution is -0.142. The van der Waals surface area contributed by atoms with Crippen LogP contribution in [0.25, 0.3) is 0 Å². The predicted molar refractivity (Wildman–Crippen MR) is 248 cm³/mol. The Morgan fingerprint density at radius 1 is 0.652 bits per heavy atom. The molecule has 0 heterocycles. The van der Waals surface area contributed by atoms with E-state index in [0.29, 0.717) is 11.3 Å². The van der Waals surface area contributed by atoms with Gasteiger partial charge in [0.05, 0.1) is 4.90 Å². The Bertz CT molecular complexity index is 2140. The van der Waals surface area contributed by atoms with E-state index in [1.54, 1.807) is 58.0 Å². The first kappa shape index (κ1) is 55.7. The number of carboxylic acids is 2. The van der Waals surface area contributed by atoms with Crippen molar-refractivity contribution in [1.29, 1.82) is 0 Å². The summed E-state index contributed by atoms with van der Waals surface area (Å²) in [5, 5.41) is 37.7. The summed E-state index contributed by atoms with van der Waals surface area (Å²) in [4.78, 5) is 96.2. The molecule has 22 nitrogen and oxygen atoms in total. The SMILES string of the molecule is CC(C)C[C@H](NC(=O)[C@H](C)NC(=S)N[13c]1[13cH][13cH][13c](S(=O)(=O)O)[13cH][13cH]1)C(=O)N[C@@H](CCC(=O)O)C(=O)N[C@@H](CC(C)C)C(=O)N[C@@H](Cc1ccccc1)C(=O)N[C@@H](CCCN=C(N)N)C(=O)O. The molecule has 6 atom stereocenters. The monoisotopic (exact) mass is 968 g/mol. The molecule has 2 aromatic carbocycles. The highest BCUT2D eigenvalue weighted by atomic mass is 32.2. The van der Waals surface area contributed by atoms with E-state index in [1.807, 2.05) is 0 Å². The smallest absolute Gasteiger partial charge is 0.326 e. The molecule has 14 N–H and O–H groups in total. The van der Waals surface area contributed by atoms with Gasteiger partial charge in [-0.1, -0.05) is 58.0 Å². The normalized spacial score (nSPS) is 13.9. The van der Waals surface area contributed by atoms with Crippen LogP contribution in [0.15, 0.2) is 64.5 Å². The van der Waals surface area contributed by atoms with Crippen molar-refractivity contribution < 1.29 is 56.7 Å². The fourth-order valence-corrected chi connectivity index (χ4v) is 7.06. The second kappa shape index (κ2) is 27.2. The third-order valence-electron chi connectivity index (χ3n) is 9.59. The van der Waals surface area contributed by atoms with Crippen LogP contribution in [0.2, 0.25) is 0 Å². The lowest BCUT2D eigenvalue weighted by Gasteiger charge is -2.28. The molecule has 5 amide bonds. The number of guanidine groups is 1. The van der Waals surface area contributed by atoms with Crippen molar-refractivity contribution in [3.05, 3.63) is 60.2 Å². The maximum absolute atomic E-state index is 14.0. The number of aliphatic imine (C=N–C) groups is 1. The van der Waals surface area contributed by atoms with Crippen molar-refractivity contribution in [1.82, 2.24) is 31.9 Å². The number of amides is 5. The molecule has 66 heavy (non-hydrogen) atoms. The molecule has 2 aromatic rings. The molecule has 0 bridgehead atoms. The molecule has 0 fully saturated rings. The van der Waals surface area contributed by atoms with Gasteiger partial charge in [0.25, 0.3) is 10.1 Å². The van der Waals surface area contributed by atoms with E-state index in [4.69, 9.17) is 23.7 Å². The molecule has 24 heteroatoms. The number of rotatable bonds is 27. The number of thiocarbonyl (C=S) groups is 1. The minimum absolute atomic E-state index is 0.0307. The Balaban J connectivity index is 2.29. The quantitative estimate of drug-likeness (QED) is 0.0189. The fourth-order valence-electron chi connectivity index (χ4n) is 6.29. The van der Waals surface area contributed by atoms with Crippen molar-refractivity contribution >= 4 is 80.6 Å². The minimum Gasteiger partial charge on any atom is -0.481 e. The van der Waals surface area contributed by atoms with Crippen molar-refractivity contribution in [2.75, 3.05) is 11.9 Å². The topological polar surface area (TPSA) is 363 Å². The third-order valence-corrected chi connectivity index (χ3v) is 10.7. The summed E-state index contributed by atoms with van der Waals surface area (Å²) < 4.78 is 31.9. The number of carboxylic acid groups (broad SMARTS) is 2. The number of hydrogen-bond acceptors (Lipinski definition) is 11. The van der Waals surface area contributed by atoms with Gasteiger partial charge >= 0.3 is 11.9 Å². The molecule has 0 aliphatic heterocycles. The number of aliphatic carboxylic acids is 2. The largest absolute Gasteiger partial charge is 0.481 e. The first-order valence-electron chi connectivity index (χ1n) is 21.1. The maximum atomic E-state index is 14.0. The Labute approximate surface area is 389 Å². The summed E-state index contributed by atoms with van der Waals surface area (Å²) in [6, 6.07) is 5.75. The molecule has 0 aliphatic carbocycles. The average molecular weight is 969 g/mol. The summed E-state index contributed by atoms with van der Waals surface area (Å²) in [6.07, 6.45) is -0.752. The molecular weight excluding hydrogens is 907 g/mol. The van der Waals surface area contributed by atoms with Gasteiger partial charge in [-0.15, -0.1) is 0 Å². The summed E-state index contributed by atoms with van der Waals surface area (Å²) in [5.41, 5.74) is 11.6. The van der Waals surface area contributed by atoms with Gasteiger partial charge in [-0.3, -0.25) is 38.3 Å². The van der Waals surface area contributed by atoms with Crippen molar-refractivity contribution in [3.63, 3.8) is 0 Å². The van der Waals surface area contributed by atoms with E-state index in [-0.39, 0.29) is 66.5 Å². The van der Waals surface area contributed by atoms with Crippen LogP contribution in [0.1, 0.15) is 78.7 Å². The first-order valence-corrected chi connectivity index (χ1v) is 22.9. The number of hydrogen-bond donors (Lipinski definition) is 12. The van der Waals surface area contributed by atoms with Crippen molar-refractivity contribution in [2.24, 2.45) is 28.3 Å². The number of anilines is 1. The van der Waals surface area contributed by atoms with Crippen LogP contribution in [0.4, 0.5) is 5.69 Å². The molecule has 0 aromatic heterocycles. The summed E-state index contributed by atoms with van der Waals surface area (Å²) in [7, 11) is -4.42. The second-order valence-electron chi connectivity index (χ2n) is 16.3. The summed E-state index contributed by atoms with van der Waals surface area (Å²) in [5.74, 6) is -7.25. The fraction of sp³-hybridized carbons (Fsp3) is 0.500. The van der Waals surface area contributed by atoms with E-state index in [2.05, 4.69) is 42.2 Å². The Morgan fingerprint density at radius 2 is 1.14 bits per heavy atom. The van der Waals surface area contributed by atoms with Crippen LogP contribution in [0.5, 0.6) is 0 Å². The highest BCUT2D eigenvalue weighted by molar-refractivity contribution is 7.85. The highest BCUT2D eigenvalue weighted by Crippen LogP contribution is 2.15. The predicted octanol–water partition coefficient (Wildman–Crippen LogP) is 0.370. The molecule has 0 spiro atoms. The van der Waals surface area contributed by atoms with Crippen LogP contribution in [0, 0.1) is 11.8 Å². The lowest BCUT2D eigenvalue weighted by Crippen LogP contribution is -2.60. The van der Waals surface area contributed by atoms with Crippen LogP contribution in [-0.4, -0.2) is 119 Å².